The third kappa shape index (κ3) is 2.44. The number of ether oxygens (including phenoxy) is 1. The highest BCUT2D eigenvalue weighted by molar-refractivity contribution is 5.92. The van der Waals surface area contributed by atoms with Crippen LogP contribution in [0.1, 0.15) is 48.6 Å². The van der Waals surface area contributed by atoms with Crippen molar-refractivity contribution in [3.05, 3.63) is 33.9 Å². The number of carbonyl (C=O) groups is 1. The van der Waals surface area contributed by atoms with Gasteiger partial charge in [-0.1, -0.05) is 6.08 Å². The van der Waals surface area contributed by atoms with E-state index in [2.05, 4.69) is 34.6 Å². The molecule has 0 saturated heterocycles. The minimum Gasteiger partial charge on any atom is -0.487 e. The molecule has 19 heavy (non-hydrogen) atoms. The lowest BCUT2D eigenvalue weighted by molar-refractivity contribution is -0.112. The standard InChI is InChI=1S/C17H22O2/c1-10(18)7-8-14-11(2)12(3)16-15(13(14)4)9-17(5,6)19-16/h7-8H,9H2,1-6H3/b8-7+. The second-order valence-electron chi connectivity index (χ2n) is 6.08. The molecule has 2 nitrogen and oxygen atoms in total. The molecule has 0 bridgehead atoms. The fourth-order valence-electron chi connectivity index (χ4n) is 2.75. The van der Waals surface area contributed by atoms with Crippen LogP contribution in [0.2, 0.25) is 0 Å². The van der Waals surface area contributed by atoms with Crippen molar-refractivity contribution in [2.45, 2.75) is 53.6 Å². The average Bonchev–Trinajstić information content (AvgIpc) is 2.62. The van der Waals surface area contributed by atoms with Crippen molar-refractivity contribution in [1.82, 2.24) is 0 Å². The van der Waals surface area contributed by atoms with Crippen molar-refractivity contribution >= 4 is 11.9 Å². The zero-order valence-electron chi connectivity index (χ0n) is 12.7. The molecule has 0 spiro atoms. The molecule has 0 unspecified atom stereocenters. The van der Waals surface area contributed by atoms with E-state index < -0.39 is 0 Å². The lowest BCUT2D eigenvalue weighted by Crippen LogP contribution is -2.24. The zero-order chi connectivity index (χ0) is 14.4. The van der Waals surface area contributed by atoms with Gasteiger partial charge in [0.15, 0.2) is 5.78 Å². The van der Waals surface area contributed by atoms with Crippen LogP contribution >= 0.6 is 0 Å². The molecule has 2 rings (SSSR count). The van der Waals surface area contributed by atoms with Crippen LogP contribution in [0.5, 0.6) is 5.75 Å². The van der Waals surface area contributed by atoms with Gasteiger partial charge in [-0.3, -0.25) is 4.79 Å². The van der Waals surface area contributed by atoms with E-state index in [-0.39, 0.29) is 11.4 Å². The fourth-order valence-corrected chi connectivity index (χ4v) is 2.75. The van der Waals surface area contributed by atoms with Crippen molar-refractivity contribution < 1.29 is 9.53 Å². The number of ketones is 1. The fraction of sp³-hybridized carbons (Fsp3) is 0.471. The van der Waals surface area contributed by atoms with Gasteiger partial charge < -0.3 is 4.74 Å². The van der Waals surface area contributed by atoms with E-state index in [1.54, 1.807) is 13.0 Å². The molecule has 0 aromatic heterocycles. The van der Waals surface area contributed by atoms with E-state index in [4.69, 9.17) is 4.74 Å². The van der Waals surface area contributed by atoms with E-state index >= 15 is 0 Å². The van der Waals surface area contributed by atoms with Crippen LogP contribution in [-0.4, -0.2) is 11.4 Å². The Bertz CT molecular complexity index is 578. The third-order valence-electron chi connectivity index (χ3n) is 3.90. The maximum Gasteiger partial charge on any atom is 0.152 e. The van der Waals surface area contributed by atoms with Gasteiger partial charge in [0.25, 0.3) is 0 Å². The van der Waals surface area contributed by atoms with Gasteiger partial charge in [-0.05, 0) is 69.9 Å². The molecule has 2 heteroatoms. The van der Waals surface area contributed by atoms with Gasteiger partial charge in [-0.25, -0.2) is 0 Å². The molecule has 0 saturated carbocycles. The Hall–Kier alpha value is -1.57. The van der Waals surface area contributed by atoms with Crippen molar-refractivity contribution in [2.75, 3.05) is 0 Å². The Balaban J connectivity index is 2.61. The summed E-state index contributed by atoms with van der Waals surface area (Å²) in [6.07, 6.45) is 4.50. The second-order valence-corrected chi connectivity index (χ2v) is 6.08. The Morgan fingerprint density at radius 1 is 1.16 bits per heavy atom. The highest BCUT2D eigenvalue weighted by atomic mass is 16.5. The first-order valence-corrected chi connectivity index (χ1v) is 6.73. The van der Waals surface area contributed by atoms with E-state index in [9.17, 15) is 4.79 Å². The Morgan fingerprint density at radius 2 is 1.79 bits per heavy atom. The SMILES string of the molecule is CC(=O)/C=C/c1c(C)c(C)c2c(c1C)CC(C)(C)O2. The number of rotatable bonds is 2. The van der Waals surface area contributed by atoms with Gasteiger partial charge >= 0.3 is 0 Å². The summed E-state index contributed by atoms with van der Waals surface area (Å²) < 4.78 is 6.08. The quantitative estimate of drug-likeness (QED) is 0.751. The lowest BCUT2D eigenvalue weighted by Gasteiger charge is -2.18. The van der Waals surface area contributed by atoms with Crippen LogP contribution in [0.3, 0.4) is 0 Å². The zero-order valence-corrected chi connectivity index (χ0v) is 12.7. The van der Waals surface area contributed by atoms with Gasteiger partial charge in [0.1, 0.15) is 11.4 Å². The molecule has 1 aliphatic rings. The highest BCUT2D eigenvalue weighted by Gasteiger charge is 2.33. The van der Waals surface area contributed by atoms with E-state index in [1.807, 2.05) is 6.08 Å². The molecule has 1 aromatic carbocycles. The first-order valence-electron chi connectivity index (χ1n) is 6.73. The van der Waals surface area contributed by atoms with Crippen LogP contribution in [-0.2, 0) is 11.2 Å². The number of allylic oxidation sites excluding steroid dienone is 1. The van der Waals surface area contributed by atoms with Crippen molar-refractivity contribution in [3.8, 4) is 5.75 Å². The molecule has 102 valence electrons. The van der Waals surface area contributed by atoms with Crippen LogP contribution in [0, 0.1) is 20.8 Å². The predicted octanol–water partition coefficient (Wildman–Crippen LogP) is 3.93. The summed E-state index contributed by atoms with van der Waals surface area (Å²) in [5, 5.41) is 0. The molecule has 0 radical (unpaired) electrons. The molecule has 1 heterocycles. The summed E-state index contributed by atoms with van der Waals surface area (Å²) in [6, 6.07) is 0. The minimum atomic E-state index is -0.132. The summed E-state index contributed by atoms with van der Waals surface area (Å²) in [5.41, 5.74) is 5.94. The summed E-state index contributed by atoms with van der Waals surface area (Å²) in [5.74, 6) is 1.12. The number of hydrogen-bond donors (Lipinski definition) is 0. The number of benzene rings is 1. The molecule has 0 N–H and O–H groups in total. The highest BCUT2D eigenvalue weighted by Crippen LogP contribution is 2.42. The summed E-state index contributed by atoms with van der Waals surface area (Å²) in [6.45, 7) is 12.1. The molecular formula is C17H22O2. The average molecular weight is 258 g/mol. The summed E-state index contributed by atoms with van der Waals surface area (Å²) in [7, 11) is 0. The molecule has 1 aliphatic heterocycles. The van der Waals surface area contributed by atoms with Gasteiger partial charge in [-0.2, -0.15) is 0 Å². The van der Waals surface area contributed by atoms with E-state index in [0.717, 1.165) is 17.7 Å². The minimum absolute atomic E-state index is 0.0773. The van der Waals surface area contributed by atoms with Crippen LogP contribution < -0.4 is 4.74 Å². The first kappa shape index (κ1) is 13.9. The Labute approximate surface area is 115 Å². The topological polar surface area (TPSA) is 26.3 Å². The molecule has 1 aromatic rings. The molecule has 0 fully saturated rings. The van der Waals surface area contributed by atoms with Crippen LogP contribution in [0.25, 0.3) is 6.08 Å². The van der Waals surface area contributed by atoms with Gasteiger partial charge in [0.2, 0.25) is 0 Å². The van der Waals surface area contributed by atoms with E-state index in [1.165, 1.54) is 22.3 Å². The summed E-state index contributed by atoms with van der Waals surface area (Å²) >= 11 is 0. The van der Waals surface area contributed by atoms with Gasteiger partial charge in [0.05, 0.1) is 0 Å². The number of carbonyl (C=O) groups excluding carboxylic acids is 1. The van der Waals surface area contributed by atoms with Crippen LogP contribution in [0.15, 0.2) is 6.08 Å². The van der Waals surface area contributed by atoms with Gasteiger partial charge in [0, 0.05) is 12.0 Å². The molecular weight excluding hydrogens is 236 g/mol. The maximum atomic E-state index is 11.1. The monoisotopic (exact) mass is 258 g/mol. The first-order chi connectivity index (χ1) is 8.73. The normalized spacial score (nSPS) is 16.5. The lowest BCUT2D eigenvalue weighted by atomic mass is 9.89. The Kier molecular flexibility index (Phi) is 3.29. The maximum absolute atomic E-state index is 11.1. The van der Waals surface area contributed by atoms with Crippen molar-refractivity contribution in [2.24, 2.45) is 0 Å². The van der Waals surface area contributed by atoms with E-state index in [0.29, 0.717) is 0 Å². The number of hydrogen-bond acceptors (Lipinski definition) is 2. The summed E-state index contributed by atoms with van der Waals surface area (Å²) in [4.78, 5) is 11.1. The predicted molar refractivity (Wildman–Crippen MR) is 78.8 cm³/mol. The van der Waals surface area contributed by atoms with Crippen LogP contribution in [0.4, 0.5) is 0 Å². The molecule has 0 amide bonds. The Morgan fingerprint density at radius 3 is 2.37 bits per heavy atom. The van der Waals surface area contributed by atoms with Crippen molar-refractivity contribution in [3.63, 3.8) is 0 Å². The number of fused-ring (bicyclic) bond motifs is 1. The molecule has 0 atom stereocenters. The molecule has 0 aliphatic carbocycles. The van der Waals surface area contributed by atoms with Gasteiger partial charge in [-0.15, -0.1) is 0 Å². The smallest absolute Gasteiger partial charge is 0.152 e. The largest absolute Gasteiger partial charge is 0.487 e. The second kappa shape index (κ2) is 4.52. The van der Waals surface area contributed by atoms with Crippen molar-refractivity contribution in [1.29, 1.82) is 0 Å². The third-order valence-corrected chi connectivity index (χ3v) is 3.90.